The van der Waals surface area contributed by atoms with Crippen molar-refractivity contribution in [1.29, 1.82) is 0 Å². The topological polar surface area (TPSA) is 110 Å². The van der Waals surface area contributed by atoms with Gasteiger partial charge in [0.2, 0.25) is 0 Å². The van der Waals surface area contributed by atoms with Crippen LogP contribution in [0.1, 0.15) is 0 Å². The highest BCUT2D eigenvalue weighted by Crippen LogP contribution is 2.20. The number of ketones is 1. The minimum atomic E-state index is -4.18. The summed E-state index contributed by atoms with van der Waals surface area (Å²) in [6, 6.07) is 10.6. The molecule has 1 aliphatic carbocycles. The molecule has 0 heterocycles. The Bertz CT molecular complexity index is 1260. The van der Waals surface area contributed by atoms with Gasteiger partial charge in [0.1, 0.15) is 5.71 Å². The second-order valence-corrected chi connectivity index (χ2v) is 9.92. The van der Waals surface area contributed by atoms with E-state index in [4.69, 9.17) is 23.2 Å². The van der Waals surface area contributed by atoms with Gasteiger partial charge >= 0.3 is 0 Å². The molecule has 0 amide bonds. The van der Waals surface area contributed by atoms with Gasteiger partial charge in [0.25, 0.3) is 20.0 Å². The number of carbonyl (C=O) groups is 1. The van der Waals surface area contributed by atoms with Crippen LogP contribution in [0.3, 0.4) is 0 Å². The maximum absolute atomic E-state index is 12.6. The molecule has 2 aromatic rings. The minimum absolute atomic E-state index is 0.121. The van der Waals surface area contributed by atoms with Crippen LogP contribution < -0.4 is 4.72 Å². The zero-order chi connectivity index (χ0) is 21.2. The van der Waals surface area contributed by atoms with E-state index in [9.17, 15) is 21.6 Å². The molecule has 0 bridgehead atoms. The number of benzene rings is 2. The molecule has 0 fully saturated rings. The summed E-state index contributed by atoms with van der Waals surface area (Å²) in [6.45, 7) is 0. The van der Waals surface area contributed by atoms with Crippen molar-refractivity contribution >= 4 is 54.7 Å². The lowest BCUT2D eigenvalue weighted by molar-refractivity contribution is -0.110. The predicted molar refractivity (Wildman–Crippen MR) is 110 cm³/mol. The molecule has 0 spiro atoms. The molecule has 0 unspecified atom stereocenters. The monoisotopic (exact) mass is 470 g/mol. The Morgan fingerprint density at radius 1 is 0.759 bits per heavy atom. The Morgan fingerprint density at radius 3 is 1.83 bits per heavy atom. The largest absolute Gasteiger partial charge is 0.290 e. The molecular formula is C18H12Cl2N2O5S2. The van der Waals surface area contributed by atoms with Crippen molar-refractivity contribution in [2.45, 2.75) is 9.79 Å². The van der Waals surface area contributed by atoms with E-state index in [1.54, 1.807) is 0 Å². The molecule has 2 aromatic carbocycles. The Hall–Kier alpha value is -2.46. The van der Waals surface area contributed by atoms with Crippen LogP contribution in [0.25, 0.3) is 0 Å². The fraction of sp³-hybridized carbons (Fsp3) is 0. The maximum atomic E-state index is 12.6. The van der Waals surface area contributed by atoms with Crippen LogP contribution in [0.2, 0.25) is 10.0 Å². The third-order valence-corrected chi connectivity index (χ3v) is 6.86. The number of allylic oxidation sites excluding steroid dienone is 3. The first kappa shape index (κ1) is 21.3. The fourth-order valence-corrected chi connectivity index (χ4v) is 4.60. The summed E-state index contributed by atoms with van der Waals surface area (Å²) in [7, 11) is -8.29. The highest BCUT2D eigenvalue weighted by molar-refractivity contribution is 7.90. The van der Waals surface area contributed by atoms with E-state index in [-0.39, 0.29) is 21.2 Å². The quantitative estimate of drug-likeness (QED) is 0.674. The van der Waals surface area contributed by atoms with E-state index < -0.39 is 25.8 Å². The summed E-state index contributed by atoms with van der Waals surface area (Å²) in [6.07, 6.45) is 3.15. The van der Waals surface area contributed by atoms with Crippen molar-refractivity contribution in [2.24, 2.45) is 4.40 Å². The van der Waals surface area contributed by atoms with E-state index in [0.29, 0.717) is 10.0 Å². The van der Waals surface area contributed by atoms with Gasteiger partial charge in [-0.05, 0) is 60.7 Å². The Morgan fingerprint density at radius 2 is 1.28 bits per heavy atom. The summed E-state index contributed by atoms with van der Waals surface area (Å²) in [5.74, 6) is -0.526. The van der Waals surface area contributed by atoms with Gasteiger partial charge in [-0.15, -0.1) is 0 Å². The molecule has 0 radical (unpaired) electrons. The van der Waals surface area contributed by atoms with Gasteiger partial charge in [0.15, 0.2) is 5.78 Å². The first-order valence-electron chi connectivity index (χ1n) is 7.90. The van der Waals surface area contributed by atoms with Gasteiger partial charge in [-0.1, -0.05) is 23.2 Å². The number of nitrogens with zero attached hydrogens (tertiary/aromatic N) is 1. The van der Waals surface area contributed by atoms with E-state index >= 15 is 0 Å². The first-order chi connectivity index (χ1) is 13.6. The molecule has 1 aliphatic rings. The van der Waals surface area contributed by atoms with Gasteiger partial charge < -0.3 is 0 Å². The van der Waals surface area contributed by atoms with E-state index in [0.717, 1.165) is 18.2 Å². The standard InChI is InChI=1S/C18H12Cl2N2O5S2/c19-12-1-6-15(7-2-12)28(24,25)21-17-10-5-14(23)11-18(17)22-29(26,27)16-8-3-13(20)4-9-16/h1-11,22H/b21-17+. The highest BCUT2D eigenvalue weighted by Gasteiger charge is 2.23. The van der Waals surface area contributed by atoms with E-state index in [2.05, 4.69) is 9.12 Å². The third-order valence-electron chi connectivity index (χ3n) is 3.67. The second-order valence-electron chi connectivity index (χ2n) is 5.76. The van der Waals surface area contributed by atoms with Gasteiger partial charge in [0.05, 0.1) is 15.5 Å². The van der Waals surface area contributed by atoms with Crippen molar-refractivity contribution in [2.75, 3.05) is 0 Å². The smallest absolute Gasteiger partial charge is 0.282 e. The second kappa shape index (κ2) is 8.11. The van der Waals surface area contributed by atoms with Crippen LogP contribution in [0.5, 0.6) is 0 Å². The molecule has 0 aliphatic heterocycles. The zero-order valence-electron chi connectivity index (χ0n) is 14.4. The molecule has 150 valence electrons. The molecule has 29 heavy (non-hydrogen) atoms. The summed E-state index contributed by atoms with van der Waals surface area (Å²) >= 11 is 11.5. The number of carbonyl (C=O) groups excluding carboxylic acids is 1. The lowest BCUT2D eigenvalue weighted by Gasteiger charge is -2.14. The van der Waals surface area contributed by atoms with Crippen LogP contribution in [0, 0.1) is 0 Å². The van der Waals surface area contributed by atoms with Crippen LogP contribution in [-0.2, 0) is 24.8 Å². The Labute approximate surface area is 177 Å². The van der Waals surface area contributed by atoms with E-state index in [1.807, 2.05) is 0 Å². The molecule has 0 saturated carbocycles. The minimum Gasteiger partial charge on any atom is -0.290 e. The average Bonchev–Trinajstić information content (AvgIpc) is 2.64. The van der Waals surface area contributed by atoms with Crippen LogP contribution in [0.15, 0.2) is 86.6 Å². The van der Waals surface area contributed by atoms with E-state index in [1.165, 1.54) is 48.5 Å². The van der Waals surface area contributed by atoms with Gasteiger partial charge in [-0.3, -0.25) is 9.52 Å². The summed E-state index contributed by atoms with van der Waals surface area (Å²) < 4.78 is 56.1. The summed E-state index contributed by atoms with van der Waals surface area (Å²) in [5.41, 5.74) is -0.512. The third kappa shape index (κ3) is 5.13. The molecule has 0 aromatic heterocycles. The SMILES string of the molecule is O=C1C=C/C(=N\S(=O)(=O)c2ccc(Cl)cc2)C(NS(=O)(=O)c2ccc(Cl)cc2)=C1. The van der Waals surface area contributed by atoms with Crippen molar-refractivity contribution in [1.82, 2.24) is 4.72 Å². The molecule has 1 N–H and O–H groups in total. The first-order valence-corrected chi connectivity index (χ1v) is 11.6. The molecule has 0 saturated heterocycles. The highest BCUT2D eigenvalue weighted by atomic mass is 35.5. The molecular weight excluding hydrogens is 459 g/mol. The Kier molecular flexibility index (Phi) is 5.95. The zero-order valence-corrected chi connectivity index (χ0v) is 17.6. The number of halogens is 2. The van der Waals surface area contributed by atoms with Gasteiger partial charge in [-0.25, -0.2) is 8.42 Å². The molecule has 3 rings (SSSR count). The van der Waals surface area contributed by atoms with Crippen molar-refractivity contribution in [3.05, 3.63) is 82.5 Å². The summed E-state index contributed by atoms with van der Waals surface area (Å²) in [5, 5.41) is 0.686. The van der Waals surface area contributed by atoms with Crippen LogP contribution >= 0.6 is 23.2 Å². The Balaban J connectivity index is 1.98. The fourth-order valence-electron chi connectivity index (χ4n) is 2.28. The average molecular weight is 471 g/mol. The molecule has 11 heteroatoms. The lowest BCUT2D eigenvalue weighted by Crippen LogP contribution is -2.29. The molecule has 0 atom stereocenters. The number of nitrogens with one attached hydrogen (secondary N) is 1. The number of hydrogen-bond donors (Lipinski definition) is 1. The van der Waals surface area contributed by atoms with Gasteiger partial charge in [0, 0.05) is 16.1 Å². The number of rotatable bonds is 5. The predicted octanol–water partition coefficient (Wildman–Crippen LogP) is 3.12. The van der Waals surface area contributed by atoms with Crippen molar-refractivity contribution < 1.29 is 21.6 Å². The maximum Gasteiger partial charge on any atom is 0.282 e. The normalized spacial score (nSPS) is 16.0. The number of sulfonamides is 2. The van der Waals surface area contributed by atoms with Crippen molar-refractivity contribution in [3.63, 3.8) is 0 Å². The van der Waals surface area contributed by atoms with Crippen molar-refractivity contribution in [3.8, 4) is 0 Å². The lowest BCUT2D eigenvalue weighted by atomic mass is 10.1. The van der Waals surface area contributed by atoms with Crippen LogP contribution in [-0.4, -0.2) is 28.3 Å². The molecule has 7 nitrogen and oxygen atoms in total. The van der Waals surface area contributed by atoms with Crippen LogP contribution in [0.4, 0.5) is 0 Å². The number of hydrogen-bond acceptors (Lipinski definition) is 5. The summed E-state index contributed by atoms with van der Waals surface area (Å²) in [4.78, 5) is 11.5. The van der Waals surface area contributed by atoms with Gasteiger partial charge in [-0.2, -0.15) is 12.8 Å².